The van der Waals surface area contributed by atoms with Gasteiger partial charge in [0.25, 0.3) is 0 Å². The number of rotatable bonds is 6. The first kappa shape index (κ1) is 34.9. The van der Waals surface area contributed by atoms with Gasteiger partial charge >= 0.3 is 0 Å². The molecule has 0 N–H and O–H groups in total. The normalized spacial score (nSPS) is 19.7. The van der Waals surface area contributed by atoms with Crippen molar-refractivity contribution in [1.29, 1.82) is 0 Å². The Morgan fingerprint density at radius 2 is 0.705 bits per heavy atom. The summed E-state index contributed by atoms with van der Waals surface area (Å²) in [4.78, 5) is 15.0. The van der Waals surface area contributed by atoms with E-state index in [0.717, 1.165) is 22.3 Å². The Morgan fingerprint density at radius 3 is 1.05 bits per heavy atom. The maximum atomic E-state index is 6.51. The quantitative estimate of drug-likeness (QED) is 0.223. The molecule has 44 heavy (non-hydrogen) atoms. The Kier molecular flexibility index (Phi) is 12.6. The molecule has 0 fully saturated rings. The minimum atomic E-state index is -0.242. The fourth-order valence-electron chi connectivity index (χ4n) is 5.33. The van der Waals surface area contributed by atoms with Crippen LogP contribution >= 0.6 is 0 Å². The van der Waals surface area contributed by atoms with Crippen LogP contribution in [0.1, 0.15) is 57.9 Å². The van der Waals surface area contributed by atoms with Crippen molar-refractivity contribution in [2.45, 2.75) is 24.3 Å². The summed E-state index contributed by atoms with van der Waals surface area (Å²) in [5.41, 5.74) is 5.66. The number of hydrogen-bond acceptors (Lipinski definition) is 5. The number of aliphatic imine (C=N–C) groups is 2. The van der Waals surface area contributed by atoms with Crippen molar-refractivity contribution in [2.75, 3.05) is 0 Å². The summed E-state index contributed by atoms with van der Waals surface area (Å²) in [6.45, 7) is 0. The smallest absolute Gasteiger partial charge is 0.236 e. The van der Waals surface area contributed by atoms with Gasteiger partial charge in [-0.2, -0.15) is 0 Å². The predicted octanol–water partition coefficient (Wildman–Crippen LogP) is -1.39. The fraction of sp³-hybridized carbons (Fsp3) is 0.114. The number of benzene rings is 4. The predicted molar refractivity (Wildman–Crippen MR) is 156 cm³/mol. The van der Waals surface area contributed by atoms with Gasteiger partial charge in [-0.15, -0.1) is 0 Å². The molecule has 0 saturated heterocycles. The summed E-state index contributed by atoms with van der Waals surface area (Å²) in [7, 11) is 0. The van der Waals surface area contributed by atoms with Crippen LogP contribution in [0.4, 0.5) is 0 Å². The third-order valence-corrected chi connectivity index (χ3v) is 7.29. The average molecular weight is 679 g/mol. The molecule has 4 aromatic carbocycles. The van der Waals surface area contributed by atoms with Crippen LogP contribution < -0.4 is 37.2 Å². The Bertz CT molecular complexity index is 1560. The van der Waals surface area contributed by atoms with E-state index in [1.165, 1.54) is 0 Å². The molecule has 1 aromatic heterocycles. The molecule has 223 valence electrons. The molecule has 1 radical (unpaired) electrons. The van der Waals surface area contributed by atoms with E-state index >= 15 is 0 Å². The topological polar surface area (TPSA) is 56.1 Å². The fourth-order valence-corrected chi connectivity index (χ4v) is 5.33. The van der Waals surface area contributed by atoms with Gasteiger partial charge in [0.2, 0.25) is 11.8 Å². The minimum absolute atomic E-state index is 0. The second-order valence-electron chi connectivity index (χ2n) is 9.89. The third-order valence-electron chi connectivity index (χ3n) is 7.29. The number of ether oxygens (including phenoxy) is 2. The molecule has 2 aliphatic rings. The zero-order chi connectivity index (χ0) is 26.7. The van der Waals surface area contributed by atoms with Crippen molar-refractivity contribution in [1.82, 2.24) is 4.98 Å². The molecule has 9 heteroatoms. The number of hydrogen-bond donors (Lipinski definition) is 0. The van der Waals surface area contributed by atoms with E-state index < -0.39 is 0 Å². The Morgan fingerprint density at radius 1 is 0.386 bits per heavy atom. The SMILES string of the molecule is [Cl-].[Cl-].[Cl-].[V].c1ccc(C2N=C(c3cccc(C4=NC(c5ccccc5)C(c5ccccc5)O4)n3)OC2c2ccccc2)cc1. The van der Waals surface area contributed by atoms with Gasteiger partial charge in [0.1, 0.15) is 23.5 Å². The van der Waals surface area contributed by atoms with Crippen LogP contribution in [0, 0.1) is 0 Å². The number of pyridine rings is 1. The molecule has 0 aliphatic carbocycles. The Labute approximate surface area is 288 Å². The molecule has 0 saturated carbocycles. The van der Waals surface area contributed by atoms with Crippen LogP contribution in [0.5, 0.6) is 0 Å². The number of halogens is 3. The standard InChI is InChI=1S/C35H27N3O2.3ClH.V/c1-5-14-24(15-6-1)30-32(26-18-9-3-10-19-26)39-34(37-30)28-22-13-23-29(36-28)35-38-31(25-16-7-2-8-17-25)33(40-35)27-20-11-4-12-21-27;;;;/h1-23,30-33H;3*1H;/p-3. The van der Waals surface area contributed by atoms with Gasteiger partial charge in [-0.1, -0.05) is 127 Å². The van der Waals surface area contributed by atoms with E-state index in [4.69, 9.17) is 24.4 Å². The van der Waals surface area contributed by atoms with E-state index in [1.54, 1.807) is 0 Å². The van der Waals surface area contributed by atoms with Gasteiger partial charge in [-0.25, -0.2) is 15.0 Å². The molecule has 3 heterocycles. The van der Waals surface area contributed by atoms with Gasteiger partial charge in [0, 0.05) is 18.6 Å². The third kappa shape index (κ3) is 7.21. The molecule has 0 amide bonds. The van der Waals surface area contributed by atoms with Gasteiger partial charge in [0.15, 0.2) is 12.2 Å². The second kappa shape index (κ2) is 15.9. The molecule has 7 rings (SSSR count). The Balaban J connectivity index is 0.00000132. The van der Waals surface area contributed by atoms with E-state index in [1.807, 2.05) is 91.0 Å². The molecule has 5 aromatic rings. The molecule has 0 spiro atoms. The molecule has 4 unspecified atom stereocenters. The van der Waals surface area contributed by atoms with Crippen LogP contribution in [-0.4, -0.2) is 16.8 Å². The molecule has 5 nitrogen and oxygen atoms in total. The maximum Gasteiger partial charge on any atom is 0.236 e. The van der Waals surface area contributed by atoms with Crippen molar-refractivity contribution in [3.05, 3.63) is 173 Å². The maximum absolute atomic E-state index is 6.51. The molecule has 4 atom stereocenters. The van der Waals surface area contributed by atoms with Gasteiger partial charge in [0.05, 0.1) is 0 Å². The summed E-state index contributed by atoms with van der Waals surface area (Å²) < 4.78 is 13.0. The van der Waals surface area contributed by atoms with Crippen LogP contribution in [0.2, 0.25) is 0 Å². The van der Waals surface area contributed by atoms with Crippen LogP contribution in [-0.2, 0) is 28.0 Å². The van der Waals surface area contributed by atoms with E-state index in [2.05, 4.69) is 48.5 Å². The van der Waals surface area contributed by atoms with E-state index in [0.29, 0.717) is 23.2 Å². The summed E-state index contributed by atoms with van der Waals surface area (Å²) >= 11 is 0. The molecular formula is C35H27Cl3N3O2V-3. The largest absolute Gasteiger partial charge is 1.00 e. The van der Waals surface area contributed by atoms with Crippen LogP contribution in [0.25, 0.3) is 0 Å². The summed E-state index contributed by atoms with van der Waals surface area (Å²) in [5, 5.41) is 0. The second-order valence-corrected chi connectivity index (χ2v) is 9.89. The van der Waals surface area contributed by atoms with Crippen molar-refractivity contribution < 1.29 is 65.3 Å². The summed E-state index contributed by atoms with van der Waals surface area (Å²) in [6.07, 6.45) is -0.483. The van der Waals surface area contributed by atoms with Gasteiger partial charge < -0.3 is 46.7 Å². The molecular weight excluding hydrogens is 652 g/mol. The number of aromatic nitrogens is 1. The summed E-state index contributed by atoms with van der Waals surface area (Å²) in [5.74, 6) is 1.03. The zero-order valence-corrected chi connectivity index (χ0v) is 27.0. The first-order valence-electron chi connectivity index (χ1n) is 13.5. The van der Waals surface area contributed by atoms with Gasteiger partial charge in [-0.3, -0.25) is 0 Å². The minimum Gasteiger partial charge on any atom is -1.00 e. The average Bonchev–Trinajstić information content (AvgIpc) is 3.69. The van der Waals surface area contributed by atoms with Crippen molar-refractivity contribution in [3.63, 3.8) is 0 Å². The number of nitrogens with zero attached hydrogens (tertiary/aromatic N) is 3. The van der Waals surface area contributed by atoms with Crippen molar-refractivity contribution >= 4 is 11.8 Å². The van der Waals surface area contributed by atoms with Crippen LogP contribution in [0.3, 0.4) is 0 Å². The van der Waals surface area contributed by atoms with E-state index in [9.17, 15) is 0 Å². The molecule has 0 bridgehead atoms. The van der Waals surface area contributed by atoms with E-state index in [-0.39, 0.29) is 80.1 Å². The monoisotopic (exact) mass is 677 g/mol. The first-order chi connectivity index (χ1) is 19.8. The van der Waals surface area contributed by atoms with Crippen LogP contribution in [0.15, 0.2) is 150 Å². The Hall–Kier alpha value is -3.58. The van der Waals surface area contributed by atoms with Crippen molar-refractivity contribution in [3.8, 4) is 0 Å². The first-order valence-corrected chi connectivity index (χ1v) is 13.5. The molecule has 2 aliphatic heterocycles. The zero-order valence-electron chi connectivity index (χ0n) is 23.3. The van der Waals surface area contributed by atoms with Crippen molar-refractivity contribution in [2.24, 2.45) is 9.98 Å². The van der Waals surface area contributed by atoms with Gasteiger partial charge in [-0.05, 0) is 34.4 Å². The summed E-state index contributed by atoms with van der Waals surface area (Å²) in [6, 6.07) is 46.4.